The third-order valence-electron chi connectivity index (χ3n) is 3.48. The maximum Gasteiger partial charge on any atom is 0.0373 e. The standard InChI is InChI=1S/2C9H13N.Pt/c2*1-6-4-7(2)9(10)8(3)5-6;/h2*4-5H,10H2,1-3H3;. The van der Waals surface area contributed by atoms with Gasteiger partial charge in [0.25, 0.3) is 0 Å². The van der Waals surface area contributed by atoms with E-state index in [-0.39, 0.29) is 21.1 Å². The third-order valence-corrected chi connectivity index (χ3v) is 3.48. The summed E-state index contributed by atoms with van der Waals surface area (Å²) in [7, 11) is 0. The molecule has 0 aliphatic rings. The minimum atomic E-state index is 0. The van der Waals surface area contributed by atoms with Crippen molar-refractivity contribution in [3.05, 3.63) is 57.6 Å². The van der Waals surface area contributed by atoms with Crippen LogP contribution in [0.25, 0.3) is 0 Å². The van der Waals surface area contributed by atoms with Crippen LogP contribution in [0.2, 0.25) is 0 Å². The summed E-state index contributed by atoms with van der Waals surface area (Å²) in [4.78, 5) is 0. The number of hydrogen-bond acceptors (Lipinski definition) is 2. The predicted octanol–water partition coefficient (Wildman–Crippen LogP) is 4.39. The van der Waals surface area contributed by atoms with Crippen LogP contribution in [0.1, 0.15) is 33.4 Å². The van der Waals surface area contributed by atoms with Crippen LogP contribution in [0, 0.1) is 41.5 Å². The van der Waals surface area contributed by atoms with E-state index in [1.807, 2.05) is 27.7 Å². The van der Waals surface area contributed by atoms with Crippen molar-refractivity contribution in [1.82, 2.24) is 0 Å². The molecule has 0 atom stereocenters. The molecule has 0 bridgehead atoms. The Balaban J connectivity index is 0.000000364. The van der Waals surface area contributed by atoms with Crippen molar-refractivity contribution in [2.45, 2.75) is 41.5 Å². The number of anilines is 2. The molecule has 21 heavy (non-hydrogen) atoms. The topological polar surface area (TPSA) is 52.0 Å². The Kier molecular flexibility index (Phi) is 7.74. The van der Waals surface area contributed by atoms with Gasteiger partial charge in [-0.1, -0.05) is 35.4 Å². The summed E-state index contributed by atoms with van der Waals surface area (Å²) in [5.74, 6) is 0. The maximum absolute atomic E-state index is 5.75. The summed E-state index contributed by atoms with van der Waals surface area (Å²) in [6.45, 7) is 12.3. The van der Waals surface area contributed by atoms with E-state index in [9.17, 15) is 0 Å². The fourth-order valence-corrected chi connectivity index (χ4v) is 2.38. The van der Waals surface area contributed by atoms with Gasteiger partial charge in [-0.2, -0.15) is 0 Å². The first-order valence-electron chi connectivity index (χ1n) is 6.89. The second-order valence-corrected chi connectivity index (χ2v) is 5.62. The monoisotopic (exact) mass is 465 g/mol. The first-order valence-corrected chi connectivity index (χ1v) is 6.89. The molecule has 0 saturated carbocycles. The van der Waals surface area contributed by atoms with Crippen molar-refractivity contribution in [3.8, 4) is 0 Å². The van der Waals surface area contributed by atoms with E-state index in [2.05, 4.69) is 38.1 Å². The van der Waals surface area contributed by atoms with Crippen LogP contribution in [-0.4, -0.2) is 0 Å². The van der Waals surface area contributed by atoms with E-state index in [0.29, 0.717) is 0 Å². The van der Waals surface area contributed by atoms with Crippen LogP contribution >= 0.6 is 0 Å². The zero-order valence-corrected chi connectivity index (χ0v) is 16.1. The van der Waals surface area contributed by atoms with Crippen molar-refractivity contribution in [3.63, 3.8) is 0 Å². The molecule has 0 aliphatic heterocycles. The van der Waals surface area contributed by atoms with Gasteiger partial charge in [0.1, 0.15) is 0 Å². The van der Waals surface area contributed by atoms with Gasteiger partial charge in [0.2, 0.25) is 0 Å². The molecule has 0 heterocycles. The number of benzene rings is 2. The Bertz CT molecular complexity index is 517. The number of rotatable bonds is 0. The predicted molar refractivity (Wildman–Crippen MR) is 90.1 cm³/mol. The van der Waals surface area contributed by atoms with Crippen molar-refractivity contribution in [1.29, 1.82) is 0 Å². The average Bonchev–Trinajstić information content (AvgIpc) is 2.33. The van der Waals surface area contributed by atoms with Gasteiger partial charge >= 0.3 is 0 Å². The number of nitrogen functional groups attached to an aromatic ring is 2. The smallest absolute Gasteiger partial charge is 0.0373 e. The molecule has 3 heteroatoms. The van der Waals surface area contributed by atoms with Gasteiger partial charge in [0.05, 0.1) is 0 Å². The van der Waals surface area contributed by atoms with Crippen LogP contribution in [0.15, 0.2) is 24.3 Å². The van der Waals surface area contributed by atoms with E-state index in [4.69, 9.17) is 11.5 Å². The Labute approximate surface area is 143 Å². The molecule has 0 fully saturated rings. The quantitative estimate of drug-likeness (QED) is 0.568. The van der Waals surface area contributed by atoms with Crippen LogP contribution < -0.4 is 11.5 Å². The molecule has 2 nitrogen and oxygen atoms in total. The first kappa shape index (κ1) is 19.7. The molecule has 0 saturated heterocycles. The number of aryl methyl sites for hydroxylation is 6. The Morgan fingerprint density at radius 2 is 0.714 bits per heavy atom. The first-order chi connectivity index (χ1) is 9.22. The molecule has 2 aromatic rings. The largest absolute Gasteiger partial charge is 0.398 e. The van der Waals surface area contributed by atoms with Gasteiger partial charge in [0, 0.05) is 32.4 Å². The Morgan fingerprint density at radius 1 is 0.524 bits per heavy atom. The third kappa shape index (κ3) is 5.55. The molecule has 0 amide bonds. The molecule has 0 aromatic heterocycles. The normalized spacial score (nSPS) is 9.43. The van der Waals surface area contributed by atoms with E-state index in [1.54, 1.807) is 0 Å². The van der Waals surface area contributed by atoms with Crippen LogP contribution in [0.3, 0.4) is 0 Å². The van der Waals surface area contributed by atoms with E-state index >= 15 is 0 Å². The molecular weight excluding hydrogens is 439 g/mol. The van der Waals surface area contributed by atoms with Gasteiger partial charge < -0.3 is 11.5 Å². The molecule has 2 aromatic carbocycles. The summed E-state index contributed by atoms with van der Waals surface area (Å²) in [5.41, 5.74) is 20.6. The minimum Gasteiger partial charge on any atom is -0.398 e. The zero-order valence-electron chi connectivity index (χ0n) is 13.8. The Hall–Kier alpha value is -1.27. The molecule has 0 aliphatic carbocycles. The molecular formula is C18H26N2Pt. The van der Waals surface area contributed by atoms with Gasteiger partial charge in [-0.25, -0.2) is 0 Å². The summed E-state index contributed by atoms with van der Waals surface area (Å²) >= 11 is 0. The summed E-state index contributed by atoms with van der Waals surface area (Å²) in [6, 6.07) is 8.40. The zero-order chi connectivity index (χ0) is 15.4. The fourth-order valence-electron chi connectivity index (χ4n) is 2.38. The van der Waals surface area contributed by atoms with Crippen LogP contribution in [-0.2, 0) is 21.1 Å². The van der Waals surface area contributed by atoms with Crippen LogP contribution in [0.4, 0.5) is 11.4 Å². The van der Waals surface area contributed by atoms with Crippen LogP contribution in [0.5, 0.6) is 0 Å². The molecule has 4 N–H and O–H groups in total. The van der Waals surface area contributed by atoms with Crippen molar-refractivity contribution < 1.29 is 21.1 Å². The van der Waals surface area contributed by atoms with Gasteiger partial charge in [-0.05, 0) is 63.8 Å². The van der Waals surface area contributed by atoms with E-state index in [1.165, 1.54) is 33.4 Å². The summed E-state index contributed by atoms with van der Waals surface area (Å²) < 4.78 is 0. The second kappa shape index (κ2) is 8.24. The SMILES string of the molecule is Cc1cc(C)c(N)c(C)c1.Cc1cc(C)c(N)c(C)c1.[Pt]. The van der Waals surface area contributed by atoms with Crippen molar-refractivity contribution in [2.75, 3.05) is 11.5 Å². The Morgan fingerprint density at radius 3 is 0.905 bits per heavy atom. The van der Waals surface area contributed by atoms with Gasteiger partial charge in [-0.3, -0.25) is 0 Å². The average molecular weight is 465 g/mol. The van der Waals surface area contributed by atoms with E-state index in [0.717, 1.165) is 11.4 Å². The molecule has 0 spiro atoms. The van der Waals surface area contributed by atoms with Crippen molar-refractivity contribution in [2.24, 2.45) is 0 Å². The summed E-state index contributed by atoms with van der Waals surface area (Å²) in [5, 5.41) is 0. The van der Waals surface area contributed by atoms with Gasteiger partial charge in [-0.15, -0.1) is 0 Å². The minimum absolute atomic E-state index is 0. The molecule has 0 radical (unpaired) electrons. The number of hydrogen-bond donors (Lipinski definition) is 2. The molecule has 0 unspecified atom stereocenters. The molecule has 2 rings (SSSR count). The number of nitrogens with two attached hydrogens (primary N) is 2. The van der Waals surface area contributed by atoms with E-state index < -0.39 is 0 Å². The summed E-state index contributed by atoms with van der Waals surface area (Å²) in [6.07, 6.45) is 0. The second-order valence-electron chi connectivity index (χ2n) is 5.62. The van der Waals surface area contributed by atoms with Gasteiger partial charge in [0.15, 0.2) is 0 Å². The maximum atomic E-state index is 5.75. The fraction of sp³-hybridized carbons (Fsp3) is 0.333. The molecule has 118 valence electrons. The van der Waals surface area contributed by atoms with Crippen molar-refractivity contribution >= 4 is 11.4 Å².